The number of anilines is 1. The van der Waals surface area contributed by atoms with Crippen LogP contribution in [0.2, 0.25) is 0 Å². The Morgan fingerprint density at radius 2 is 2.17 bits per heavy atom. The molecule has 1 aromatic heterocycles. The van der Waals surface area contributed by atoms with Crippen LogP contribution in [0.3, 0.4) is 0 Å². The number of imidazole rings is 1. The Labute approximate surface area is 148 Å². The van der Waals surface area contributed by atoms with Gasteiger partial charge in [0.25, 0.3) is 0 Å². The largest absolute Gasteiger partial charge is 0.324 e. The maximum atomic E-state index is 12.5. The summed E-state index contributed by atoms with van der Waals surface area (Å²) in [6, 6.07) is 7.77. The molecule has 23 heavy (non-hydrogen) atoms. The van der Waals surface area contributed by atoms with E-state index in [0.29, 0.717) is 0 Å². The number of amides is 1. The van der Waals surface area contributed by atoms with Crippen LogP contribution < -0.4 is 10.6 Å². The van der Waals surface area contributed by atoms with E-state index in [2.05, 4.69) is 15.6 Å². The smallest absolute Gasteiger partial charge is 0.244 e. The highest BCUT2D eigenvalue weighted by Crippen LogP contribution is 2.22. The van der Waals surface area contributed by atoms with E-state index in [-0.39, 0.29) is 30.7 Å². The van der Waals surface area contributed by atoms with Crippen LogP contribution in [0.5, 0.6) is 0 Å². The summed E-state index contributed by atoms with van der Waals surface area (Å²) in [5, 5.41) is 6.35. The van der Waals surface area contributed by atoms with E-state index in [0.717, 1.165) is 37.2 Å². The predicted molar refractivity (Wildman–Crippen MR) is 96.9 cm³/mol. The number of nitrogens with zero attached hydrogens (tertiary/aromatic N) is 2. The fourth-order valence-electron chi connectivity index (χ4n) is 2.68. The molecule has 2 N–H and O–H groups in total. The molecular weight excluding hydrogens is 335 g/mol. The van der Waals surface area contributed by atoms with Crippen LogP contribution in [0, 0.1) is 0 Å². The number of hydrogen-bond donors (Lipinski definition) is 2. The van der Waals surface area contributed by atoms with Gasteiger partial charge < -0.3 is 15.2 Å². The van der Waals surface area contributed by atoms with Crippen molar-refractivity contribution in [3.05, 3.63) is 43.0 Å². The van der Waals surface area contributed by atoms with Crippen LogP contribution in [-0.2, 0) is 4.79 Å². The third-order valence-electron chi connectivity index (χ3n) is 4.03. The fraction of sp³-hybridized carbons (Fsp3) is 0.375. The molecule has 126 valence electrons. The van der Waals surface area contributed by atoms with Crippen LogP contribution in [0.1, 0.15) is 26.2 Å². The monoisotopic (exact) mass is 356 g/mol. The summed E-state index contributed by atoms with van der Waals surface area (Å²) in [6.07, 6.45) is 8.46. The quantitative estimate of drug-likeness (QED) is 0.887. The third-order valence-corrected chi connectivity index (χ3v) is 4.03. The van der Waals surface area contributed by atoms with Gasteiger partial charge in [0.1, 0.15) is 0 Å². The summed E-state index contributed by atoms with van der Waals surface area (Å²) >= 11 is 0. The van der Waals surface area contributed by atoms with Gasteiger partial charge in [-0.1, -0.05) is 6.07 Å². The van der Waals surface area contributed by atoms with Crippen LogP contribution in [0.25, 0.3) is 5.69 Å². The van der Waals surface area contributed by atoms with Crippen molar-refractivity contribution in [2.75, 3.05) is 11.9 Å². The molecule has 3 rings (SSSR count). The third kappa shape index (κ3) is 4.47. The number of carbonyl (C=O) groups excluding carboxylic acids is 1. The maximum Gasteiger partial charge on any atom is 0.244 e. The Morgan fingerprint density at radius 3 is 2.83 bits per heavy atom. The number of rotatable bonds is 3. The SMILES string of the molecule is CC1(C(=O)Nc2cccc(-n3ccnc3)c2)CCCCN1.Cl.Cl. The van der Waals surface area contributed by atoms with Gasteiger partial charge in [0.2, 0.25) is 5.91 Å². The van der Waals surface area contributed by atoms with Crippen molar-refractivity contribution in [3.63, 3.8) is 0 Å². The topological polar surface area (TPSA) is 59.0 Å². The molecule has 1 aliphatic rings. The lowest BCUT2D eigenvalue weighted by Gasteiger charge is -2.33. The molecule has 1 aliphatic heterocycles. The maximum absolute atomic E-state index is 12.5. The van der Waals surface area contributed by atoms with Crippen LogP contribution in [0.15, 0.2) is 43.0 Å². The van der Waals surface area contributed by atoms with Crippen molar-refractivity contribution >= 4 is 36.4 Å². The minimum Gasteiger partial charge on any atom is -0.324 e. The highest BCUT2D eigenvalue weighted by molar-refractivity contribution is 5.98. The molecule has 1 amide bonds. The predicted octanol–water partition coefficient (Wildman–Crippen LogP) is 3.19. The van der Waals surface area contributed by atoms with Crippen molar-refractivity contribution in [3.8, 4) is 5.69 Å². The summed E-state index contributed by atoms with van der Waals surface area (Å²) in [6.45, 7) is 2.88. The molecule has 1 unspecified atom stereocenters. The van der Waals surface area contributed by atoms with E-state index in [4.69, 9.17) is 0 Å². The number of piperidine rings is 1. The van der Waals surface area contributed by atoms with E-state index in [9.17, 15) is 4.79 Å². The Hall–Kier alpha value is -1.56. The molecule has 0 radical (unpaired) electrons. The highest BCUT2D eigenvalue weighted by atomic mass is 35.5. The minimum absolute atomic E-state index is 0. The molecule has 0 spiro atoms. The van der Waals surface area contributed by atoms with Gasteiger partial charge in [0, 0.05) is 23.8 Å². The molecule has 1 saturated heterocycles. The second-order valence-corrected chi connectivity index (χ2v) is 5.69. The van der Waals surface area contributed by atoms with Gasteiger partial charge in [-0.25, -0.2) is 4.98 Å². The zero-order chi connectivity index (χ0) is 14.7. The lowest BCUT2D eigenvalue weighted by molar-refractivity contribution is -0.122. The molecule has 0 bridgehead atoms. The number of carbonyl (C=O) groups is 1. The van der Waals surface area contributed by atoms with Crippen LogP contribution in [-0.4, -0.2) is 27.5 Å². The molecule has 1 aromatic carbocycles. The molecule has 1 fully saturated rings. The fourth-order valence-corrected chi connectivity index (χ4v) is 2.68. The number of benzene rings is 1. The first-order valence-corrected chi connectivity index (χ1v) is 7.32. The summed E-state index contributed by atoms with van der Waals surface area (Å²) in [7, 11) is 0. The van der Waals surface area contributed by atoms with E-state index >= 15 is 0 Å². The summed E-state index contributed by atoms with van der Waals surface area (Å²) in [5.41, 5.74) is 1.32. The van der Waals surface area contributed by atoms with Gasteiger partial charge in [-0.05, 0) is 50.9 Å². The van der Waals surface area contributed by atoms with Gasteiger partial charge in [-0.15, -0.1) is 24.8 Å². The van der Waals surface area contributed by atoms with Crippen LogP contribution >= 0.6 is 24.8 Å². The molecule has 1 atom stereocenters. The molecule has 0 aliphatic carbocycles. The van der Waals surface area contributed by atoms with E-state index in [1.165, 1.54) is 0 Å². The Morgan fingerprint density at radius 1 is 1.35 bits per heavy atom. The van der Waals surface area contributed by atoms with Gasteiger partial charge in [-0.3, -0.25) is 4.79 Å². The zero-order valence-electron chi connectivity index (χ0n) is 13.0. The first-order chi connectivity index (χ1) is 10.2. The molecule has 2 heterocycles. The molecule has 2 aromatic rings. The average Bonchev–Trinajstić information content (AvgIpc) is 3.02. The Balaban J connectivity index is 0.00000132. The van der Waals surface area contributed by atoms with E-state index in [1.807, 2.05) is 42.0 Å². The Kier molecular flexibility index (Phi) is 7.06. The highest BCUT2D eigenvalue weighted by Gasteiger charge is 2.34. The molecule has 0 saturated carbocycles. The second-order valence-electron chi connectivity index (χ2n) is 5.69. The van der Waals surface area contributed by atoms with Crippen molar-refractivity contribution in [1.82, 2.24) is 14.9 Å². The van der Waals surface area contributed by atoms with Crippen molar-refractivity contribution < 1.29 is 4.79 Å². The molecule has 5 nitrogen and oxygen atoms in total. The van der Waals surface area contributed by atoms with Gasteiger partial charge in [0.15, 0.2) is 0 Å². The van der Waals surface area contributed by atoms with Crippen molar-refractivity contribution in [2.45, 2.75) is 31.7 Å². The number of halogens is 2. The van der Waals surface area contributed by atoms with Gasteiger partial charge in [-0.2, -0.15) is 0 Å². The van der Waals surface area contributed by atoms with Crippen molar-refractivity contribution in [2.24, 2.45) is 0 Å². The van der Waals surface area contributed by atoms with E-state index < -0.39 is 5.54 Å². The van der Waals surface area contributed by atoms with Gasteiger partial charge in [0.05, 0.1) is 11.9 Å². The summed E-state index contributed by atoms with van der Waals surface area (Å²) < 4.78 is 1.91. The van der Waals surface area contributed by atoms with Crippen molar-refractivity contribution in [1.29, 1.82) is 0 Å². The Bertz CT molecular complexity index is 625. The first-order valence-electron chi connectivity index (χ1n) is 7.32. The first kappa shape index (κ1) is 19.5. The number of hydrogen-bond acceptors (Lipinski definition) is 3. The lowest BCUT2D eigenvalue weighted by Crippen LogP contribution is -2.54. The molecular formula is C16H22Cl2N4O. The summed E-state index contributed by atoms with van der Waals surface area (Å²) in [5.74, 6) is 0.0324. The average molecular weight is 357 g/mol. The molecule has 7 heteroatoms. The zero-order valence-corrected chi connectivity index (χ0v) is 14.6. The van der Waals surface area contributed by atoms with E-state index in [1.54, 1.807) is 12.5 Å². The standard InChI is InChI=1S/C16H20N4O.2ClH/c1-16(7-2-3-8-18-16)15(21)19-13-5-4-6-14(11-13)20-10-9-17-12-20;;/h4-6,9-12,18H,2-3,7-8H2,1H3,(H,19,21);2*1H. The van der Waals surface area contributed by atoms with Crippen LogP contribution in [0.4, 0.5) is 5.69 Å². The number of nitrogens with one attached hydrogen (secondary N) is 2. The number of aromatic nitrogens is 2. The normalized spacial score (nSPS) is 20.0. The lowest BCUT2D eigenvalue weighted by atomic mass is 9.90. The minimum atomic E-state index is -0.469. The van der Waals surface area contributed by atoms with Gasteiger partial charge >= 0.3 is 0 Å². The second kappa shape index (κ2) is 8.34. The summed E-state index contributed by atoms with van der Waals surface area (Å²) in [4.78, 5) is 16.5.